The molecule has 6 saturated heterocycles. The maximum Gasteiger partial charge on any atom is 0.373 e. The topological polar surface area (TPSA) is 475 Å². The second-order valence-electron chi connectivity index (χ2n) is 37.1. The molecule has 728 valence electrons. The molecule has 6 aromatic heterocycles. The molecule has 6 aliphatic carbocycles. The standard InChI is InChI=1S/C19H21N3O2.C17H25N3O2.C16H24N4O2S.C16H23N3O2S.C15H21N3O2S.C14H19N3O2S.CO2/c23-17-11-22(10-15(17)8-13-4-2-1-3-5-13)9-14-6-7-16-18(14)20-12-21-19(16)24;1-2-3-4-5-12-8-20(10-15(12)21)9-13-6-7-14-16(13)18-11-19-17(14)22;17-4-1-5-23-9-12-7-20(8-14(12)21)6-11-2-3-13-15(11)18-10-19-16(13)22;1-10(2)22-8-12-6-19(7-14(12)20)5-11-3-4-13-15(11)17-9-18-16(13)21;1-2-21-8-11-6-18(7-13(11)19)5-10-3-4-12-14(10)16-9-17-15(12)20;1-20-7-10-5-17(6-12(10)18)4-9-2-3-11-13(9)15-8-16-14(11)19;2-1-3/h1-6,12,15,17,23H,7-11H2,(H,20,21,24);6,11-12,15,21H,2-5,7-10H2,1H3,(H,18,19,22);2,10,12,14,21H,1,3-9,17H2,(H,18,19,22);3,9-10,12,14,20H,4-8H2,1-2H3,(H,17,18,21);3,9,11,13,19H,2,4-8H2,1H3,(H,16,17,20);2,8,10,12,18H,3-7H2,1H3,(H,15,16,19);/t15-,17-;12-,15-;2*12-,14+;11-,13+;10-,12+;/m001111./s1. The summed E-state index contributed by atoms with van der Waals surface area (Å²) in [5.41, 5.74) is 22.8. The number of fused-ring (bicyclic) bond motifs is 6. The van der Waals surface area contributed by atoms with Gasteiger partial charge in [-0.15, -0.1) is 0 Å². The molecule has 37 heteroatoms. The van der Waals surface area contributed by atoms with E-state index in [0.29, 0.717) is 106 Å². The molecular formula is C98H133N19O14S4. The monoisotopic (exact) mass is 1930 g/mol. The third kappa shape index (κ3) is 28.1. The molecule has 19 rings (SSSR count). The number of aliphatic hydroxyl groups excluding tert-OH is 6. The first-order valence-electron chi connectivity index (χ1n) is 47.4. The normalized spacial score (nSPS) is 24.1. The van der Waals surface area contributed by atoms with Crippen LogP contribution in [0.2, 0.25) is 0 Å². The average molecular weight is 1930 g/mol. The molecule has 12 heterocycles. The van der Waals surface area contributed by atoms with Gasteiger partial charge in [-0.1, -0.05) is 114 Å². The summed E-state index contributed by atoms with van der Waals surface area (Å²) in [6.45, 7) is 23.7. The number of hydrogen-bond acceptors (Lipinski definition) is 31. The van der Waals surface area contributed by atoms with Crippen LogP contribution in [0.25, 0.3) is 33.4 Å². The van der Waals surface area contributed by atoms with Crippen molar-refractivity contribution < 1.29 is 40.2 Å². The highest BCUT2D eigenvalue weighted by atomic mass is 32.2. The minimum absolute atomic E-state index is 0.0323. The molecule has 0 unspecified atom stereocenters. The Morgan fingerprint density at radius 3 is 0.963 bits per heavy atom. The molecule has 6 aliphatic heterocycles. The number of nitrogens with one attached hydrogen (secondary N) is 6. The van der Waals surface area contributed by atoms with Crippen molar-refractivity contribution in [3.05, 3.63) is 240 Å². The third-order valence-corrected chi connectivity index (χ3v) is 31.4. The van der Waals surface area contributed by atoms with Crippen molar-refractivity contribution in [3.8, 4) is 0 Å². The lowest BCUT2D eigenvalue weighted by Crippen LogP contribution is -2.24. The third-order valence-electron chi connectivity index (χ3n) is 27.0. The van der Waals surface area contributed by atoms with Crippen molar-refractivity contribution in [2.24, 2.45) is 41.2 Å². The van der Waals surface area contributed by atoms with Crippen LogP contribution in [0.5, 0.6) is 0 Å². The quantitative estimate of drug-likeness (QED) is 0.0264. The number of aliphatic hydroxyl groups is 6. The van der Waals surface area contributed by atoms with Gasteiger partial charge < -0.3 is 66.3 Å². The van der Waals surface area contributed by atoms with Crippen molar-refractivity contribution in [2.45, 2.75) is 147 Å². The van der Waals surface area contributed by atoms with E-state index in [1.165, 1.54) is 62.8 Å². The number of rotatable bonds is 31. The van der Waals surface area contributed by atoms with Gasteiger partial charge in [0.05, 0.1) is 109 Å². The Balaban J connectivity index is 0.000000136. The summed E-state index contributed by atoms with van der Waals surface area (Å²) in [4.78, 5) is 142. The van der Waals surface area contributed by atoms with Gasteiger partial charge in [0.1, 0.15) is 0 Å². The number of aromatic nitrogens is 12. The predicted octanol–water partition coefficient (Wildman–Crippen LogP) is 4.59. The van der Waals surface area contributed by atoms with Gasteiger partial charge in [-0.25, -0.2) is 29.9 Å². The highest BCUT2D eigenvalue weighted by Crippen LogP contribution is 2.36. The highest BCUT2D eigenvalue weighted by molar-refractivity contribution is 8.00. The SMILES string of the molecule is CC(C)SC[C@H]1CN(CC2=CCc3c2nc[nH]c3=O)C[C@@H]1O.CCCCC[C@H]1CN(CC2=CCc3c2nc[nH]c3=O)C[C@@H]1O.CCSC[C@H]1CN(CC2=CCc3c2nc[nH]c3=O)C[C@@H]1O.CSC[C@H]1CN(CC2=CCc3c2nc[nH]c3=O)C[C@@H]1O.NCCCSC[C@H]1CN(CC2=CCc3c2nc[nH]c3=O)C[C@@H]1O.O=C=O.O=c1[nH]cnc2c1CC=C2CN1C[C@H](Cc2ccccc2)[C@@H](O)C1. The molecule has 0 spiro atoms. The molecule has 12 atom stereocenters. The summed E-state index contributed by atoms with van der Waals surface area (Å²) in [5.74, 6) is 8.12. The molecule has 0 bridgehead atoms. The largest absolute Gasteiger partial charge is 0.391 e. The highest BCUT2D eigenvalue weighted by Gasteiger charge is 2.40. The van der Waals surface area contributed by atoms with Crippen molar-refractivity contribution in [1.29, 1.82) is 0 Å². The van der Waals surface area contributed by atoms with E-state index < -0.39 is 0 Å². The van der Waals surface area contributed by atoms with Gasteiger partial charge >= 0.3 is 6.15 Å². The van der Waals surface area contributed by atoms with Crippen LogP contribution in [0.3, 0.4) is 0 Å². The maximum atomic E-state index is 11.8. The molecule has 135 heavy (non-hydrogen) atoms. The molecule has 1 aromatic carbocycles. The fourth-order valence-corrected chi connectivity index (χ4v) is 23.7. The van der Waals surface area contributed by atoms with Gasteiger partial charge in [0, 0.05) is 187 Å². The van der Waals surface area contributed by atoms with Crippen molar-refractivity contribution in [2.75, 3.05) is 165 Å². The zero-order valence-corrected chi connectivity index (χ0v) is 81.3. The molecule has 33 nitrogen and oxygen atoms in total. The lowest BCUT2D eigenvalue weighted by Gasteiger charge is -2.17. The molecule has 7 aromatic rings. The number of nitrogens with zero attached hydrogens (tertiary/aromatic N) is 12. The van der Waals surface area contributed by atoms with Crippen LogP contribution < -0.4 is 39.1 Å². The first-order valence-corrected chi connectivity index (χ1v) is 52.1. The van der Waals surface area contributed by atoms with Crippen LogP contribution >= 0.6 is 47.0 Å². The van der Waals surface area contributed by atoms with Gasteiger partial charge in [0.15, 0.2) is 0 Å². The Labute approximate surface area is 804 Å². The van der Waals surface area contributed by atoms with E-state index in [1.54, 1.807) is 11.8 Å². The van der Waals surface area contributed by atoms with Crippen LogP contribution in [0.15, 0.2) is 134 Å². The summed E-state index contributed by atoms with van der Waals surface area (Å²) >= 11 is 7.45. The van der Waals surface area contributed by atoms with E-state index >= 15 is 0 Å². The molecule has 14 N–H and O–H groups in total. The number of allylic oxidation sites excluding steroid dienone is 6. The Bertz CT molecular complexity index is 5720. The van der Waals surface area contributed by atoms with Gasteiger partial charge in [-0.05, 0) is 150 Å². The summed E-state index contributed by atoms with van der Waals surface area (Å²) in [7, 11) is 0. The molecular weight excluding hydrogens is 1800 g/mol. The second kappa shape index (κ2) is 51.2. The molecule has 6 fully saturated rings. The Kier molecular flexibility index (Phi) is 39.3. The number of aromatic amines is 6. The minimum Gasteiger partial charge on any atom is -0.391 e. The number of unbranched alkanes of at least 4 members (excludes halogenated alkanes) is 2. The Morgan fingerprint density at radius 1 is 0.385 bits per heavy atom. The van der Waals surface area contributed by atoms with Crippen LogP contribution in [-0.4, -0.2) is 333 Å². The van der Waals surface area contributed by atoms with Crippen molar-refractivity contribution in [3.63, 3.8) is 0 Å². The van der Waals surface area contributed by atoms with Gasteiger partial charge in [-0.2, -0.15) is 56.6 Å². The van der Waals surface area contributed by atoms with Gasteiger partial charge in [0.2, 0.25) is 0 Å². The number of carbonyl (C=O) groups excluding carboxylic acids is 2. The molecule has 0 radical (unpaired) electrons. The zero-order chi connectivity index (χ0) is 95.6. The van der Waals surface area contributed by atoms with Crippen molar-refractivity contribution >= 4 is 86.6 Å². The van der Waals surface area contributed by atoms with E-state index in [4.69, 9.17) is 15.3 Å². The number of benzene rings is 1. The number of β-amino-alcohol motifs (C(OH)–C–C–N with tert-alkyl or cyclic N) is 6. The molecule has 0 amide bonds. The fraction of sp³-hybridized carbons (Fsp3) is 0.561. The number of likely N-dealkylation sites (tertiary alicyclic amines) is 6. The number of H-pyrrole nitrogens is 6. The van der Waals surface area contributed by atoms with Crippen LogP contribution in [0, 0.1) is 35.5 Å². The van der Waals surface area contributed by atoms with Crippen LogP contribution in [0.4, 0.5) is 0 Å². The average Bonchev–Trinajstić information content (AvgIpc) is 1.66. The minimum atomic E-state index is -0.307. The summed E-state index contributed by atoms with van der Waals surface area (Å²) < 4.78 is 0. The fourth-order valence-electron chi connectivity index (χ4n) is 19.9. The van der Waals surface area contributed by atoms with E-state index in [9.17, 15) is 59.4 Å². The first kappa shape index (κ1) is 104. The van der Waals surface area contributed by atoms with E-state index in [2.05, 4.69) is 172 Å². The zero-order valence-electron chi connectivity index (χ0n) is 78.0. The maximum absolute atomic E-state index is 11.8. The Morgan fingerprint density at radius 2 is 0.667 bits per heavy atom. The van der Waals surface area contributed by atoms with E-state index in [-0.39, 0.29) is 82.0 Å². The predicted molar refractivity (Wildman–Crippen MR) is 534 cm³/mol. The van der Waals surface area contributed by atoms with Crippen LogP contribution in [0.1, 0.15) is 133 Å². The smallest absolute Gasteiger partial charge is 0.373 e. The number of hydrogen-bond donors (Lipinski definition) is 13. The summed E-state index contributed by atoms with van der Waals surface area (Å²) in [6.07, 6.45) is 32.8. The van der Waals surface area contributed by atoms with E-state index in [1.807, 2.05) is 53.5 Å². The van der Waals surface area contributed by atoms with Gasteiger partial charge in [0.25, 0.3) is 33.4 Å². The van der Waals surface area contributed by atoms with Crippen molar-refractivity contribution in [1.82, 2.24) is 89.2 Å². The van der Waals surface area contributed by atoms with Crippen LogP contribution in [-0.2, 0) is 54.5 Å². The number of nitrogens with two attached hydrogens (primary N) is 1. The number of thioether (sulfide) groups is 4. The summed E-state index contributed by atoms with van der Waals surface area (Å²) in [6, 6.07) is 10.3. The van der Waals surface area contributed by atoms with E-state index in [0.717, 1.165) is 246 Å². The molecule has 0 saturated carbocycles. The lowest BCUT2D eigenvalue weighted by atomic mass is 9.97. The summed E-state index contributed by atoms with van der Waals surface area (Å²) in [5, 5.41) is 62.0. The van der Waals surface area contributed by atoms with Gasteiger partial charge in [-0.3, -0.25) is 58.2 Å². The first-order chi connectivity index (χ1) is 65.4. The second-order valence-corrected chi connectivity index (χ2v) is 42.1. The lowest BCUT2D eigenvalue weighted by molar-refractivity contribution is -0.191. The molecule has 12 aliphatic rings. The Hall–Kier alpha value is -8.80.